The molecule has 0 spiro atoms. The lowest BCUT2D eigenvalue weighted by molar-refractivity contribution is -0.141. The monoisotopic (exact) mass is 478 g/mol. The SMILES string of the molecule is CCCCNC(=O)C(CC)N(Cc1ccc(Cl)cc1Cl)C(=O)CCCOc1ccccc1. The average Bonchev–Trinajstić information content (AvgIpc) is 2.78. The van der Waals surface area contributed by atoms with Gasteiger partial charge in [0.1, 0.15) is 11.8 Å². The van der Waals surface area contributed by atoms with Crippen molar-refractivity contribution in [2.75, 3.05) is 13.2 Å². The Morgan fingerprint density at radius 2 is 1.81 bits per heavy atom. The molecule has 0 saturated heterocycles. The van der Waals surface area contributed by atoms with Gasteiger partial charge in [-0.2, -0.15) is 0 Å². The fourth-order valence-electron chi connectivity index (χ4n) is 3.33. The smallest absolute Gasteiger partial charge is 0.242 e. The highest BCUT2D eigenvalue weighted by atomic mass is 35.5. The van der Waals surface area contributed by atoms with Crippen molar-refractivity contribution < 1.29 is 14.3 Å². The molecular weight excluding hydrogens is 447 g/mol. The highest BCUT2D eigenvalue weighted by Crippen LogP contribution is 2.24. The van der Waals surface area contributed by atoms with Gasteiger partial charge in [-0.15, -0.1) is 0 Å². The van der Waals surface area contributed by atoms with Crippen LogP contribution in [0.2, 0.25) is 10.0 Å². The van der Waals surface area contributed by atoms with E-state index in [0.717, 1.165) is 24.2 Å². The van der Waals surface area contributed by atoms with E-state index in [1.54, 1.807) is 23.1 Å². The number of ether oxygens (including phenoxy) is 1. The number of nitrogens with one attached hydrogen (secondary N) is 1. The topological polar surface area (TPSA) is 58.6 Å². The number of hydrogen-bond donors (Lipinski definition) is 1. The number of carbonyl (C=O) groups excluding carboxylic acids is 2. The molecule has 174 valence electrons. The fourth-order valence-corrected chi connectivity index (χ4v) is 3.80. The summed E-state index contributed by atoms with van der Waals surface area (Å²) < 4.78 is 5.70. The lowest BCUT2D eigenvalue weighted by Gasteiger charge is -2.31. The predicted molar refractivity (Wildman–Crippen MR) is 130 cm³/mol. The Hall–Kier alpha value is -2.24. The van der Waals surface area contributed by atoms with Crippen LogP contribution in [0.5, 0.6) is 5.75 Å². The second-order valence-corrected chi connectivity index (χ2v) is 8.43. The molecule has 2 rings (SSSR count). The quantitative estimate of drug-likeness (QED) is 0.365. The minimum Gasteiger partial charge on any atom is -0.494 e. The van der Waals surface area contributed by atoms with Gasteiger partial charge in [-0.05, 0) is 49.1 Å². The Balaban J connectivity index is 2.08. The predicted octanol–water partition coefficient (Wildman–Crippen LogP) is 5.88. The van der Waals surface area contributed by atoms with E-state index in [1.165, 1.54) is 0 Å². The van der Waals surface area contributed by atoms with E-state index in [2.05, 4.69) is 12.2 Å². The first-order valence-electron chi connectivity index (χ1n) is 11.1. The van der Waals surface area contributed by atoms with Gasteiger partial charge in [0.2, 0.25) is 11.8 Å². The number of nitrogens with zero attached hydrogens (tertiary/aromatic N) is 1. The van der Waals surface area contributed by atoms with Gasteiger partial charge in [0, 0.05) is 29.6 Å². The van der Waals surface area contributed by atoms with Gasteiger partial charge in [-0.3, -0.25) is 9.59 Å². The summed E-state index contributed by atoms with van der Waals surface area (Å²) in [5.74, 6) is 0.525. The molecule has 32 heavy (non-hydrogen) atoms. The highest BCUT2D eigenvalue weighted by Gasteiger charge is 2.28. The number of amides is 2. The molecule has 0 aliphatic rings. The second-order valence-electron chi connectivity index (χ2n) is 7.59. The van der Waals surface area contributed by atoms with E-state index in [9.17, 15) is 9.59 Å². The number of rotatable bonds is 13. The summed E-state index contributed by atoms with van der Waals surface area (Å²) >= 11 is 12.4. The van der Waals surface area contributed by atoms with E-state index >= 15 is 0 Å². The van der Waals surface area contributed by atoms with Gasteiger partial charge in [0.25, 0.3) is 0 Å². The Morgan fingerprint density at radius 1 is 1.06 bits per heavy atom. The van der Waals surface area contributed by atoms with E-state index in [4.69, 9.17) is 27.9 Å². The molecule has 0 bridgehead atoms. The standard InChI is InChI=1S/C25H32Cl2N2O3/c1-3-5-15-28-25(31)23(4-2)29(18-19-13-14-20(26)17-22(19)27)24(30)12-9-16-32-21-10-7-6-8-11-21/h6-8,10-11,13-14,17,23H,3-5,9,12,15-16,18H2,1-2H3,(H,28,31). The third-order valence-corrected chi connectivity index (χ3v) is 5.71. The Bertz CT molecular complexity index is 862. The van der Waals surface area contributed by atoms with Crippen LogP contribution in [0.4, 0.5) is 0 Å². The minimum atomic E-state index is -0.568. The zero-order chi connectivity index (χ0) is 23.3. The maximum Gasteiger partial charge on any atom is 0.242 e. The van der Waals surface area contributed by atoms with Crippen molar-refractivity contribution in [3.8, 4) is 5.75 Å². The number of unbranched alkanes of at least 4 members (excludes halogenated alkanes) is 1. The highest BCUT2D eigenvalue weighted by molar-refractivity contribution is 6.35. The first kappa shape index (κ1) is 26.0. The van der Waals surface area contributed by atoms with Crippen molar-refractivity contribution in [2.24, 2.45) is 0 Å². The molecule has 7 heteroatoms. The number of para-hydroxylation sites is 1. The Morgan fingerprint density at radius 3 is 2.47 bits per heavy atom. The van der Waals surface area contributed by atoms with Gasteiger partial charge in [-0.25, -0.2) is 0 Å². The van der Waals surface area contributed by atoms with Crippen LogP contribution in [0.25, 0.3) is 0 Å². The van der Waals surface area contributed by atoms with Crippen molar-refractivity contribution in [1.82, 2.24) is 10.2 Å². The lowest BCUT2D eigenvalue weighted by atomic mass is 10.1. The first-order valence-corrected chi connectivity index (χ1v) is 11.9. The van der Waals surface area contributed by atoms with Crippen LogP contribution < -0.4 is 10.1 Å². The Labute approximate surface area is 201 Å². The molecule has 0 aliphatic carbocycles. The molecule has 0 heterocycles. The molecule has 1 atom stereocenters. The maximum atomic E-state index is 13.2. The molecule has 2 aromatic rings. The molecule has 2 aromatic carbocycles. The van der Waals surface area contributed by atoms with Crippen LogP contribution >= 0.6 is 23.2 Å². The molecule has 2 amide bonds. The van der Waals surface area contributed by atoms with Gasteiger partial charge in [0.05, 0.1) is 6.61 Å². The summed E-state index contributed by atoms with van der Waals surface area (Å²) in [6.45, 7) is 5.24. The average molecular weight is 479 g/mol. The normalized spacial score (nSPS) is 11.6. The summed E-state index contributed by atoms with van der Waals surface area (Å²) in [7, 11) is 0. The number of hydrogen-bond acceptors (Lipinski definition) is 3. The van der Waals surface area contributed by atoms with E-state index in [-0.39, 0.29) is 24.8 Å². The number of carbonyl (C=O) groups is 2. The molecule has 1 N–H and O–H groups in total. The van der Waals surface area contributed by atoms with Crippen molar-refractivity contribution in [3.63, 3.8) is 0 Å². The van der Waals surface area contributed by atoms with E-state index in [0.29, 0.717) is 36.0 Å². The zero-order valence-electron chi connectivity index (χ0n) is 18.8. The second kappa shape index (κ2) is 14.0. The molecule has 0 fully saturated rings. The summed E-state index contributed by atoms with van der Waals surface area (Å²) in [6.07, 6.45) is 3.22. The summed E-state index contributed by atoms with van der Waals surface area (Å²) in [4.78, 5) is 27.7. The maximum absolute atomic E-state index is 13.2. The summed E-state index contributed by atoms with van der Waals surface area (Å²) in [5.41, 5.74) is 0.754. The molecule has 0 saturated carbocycles. The molecule has 0 radical (unpaired) electrons. The molecule has 0 aliphatic heterocycles. The van der Waals surface area contributed by atoms with E-state index < -0.39 is 6.04 Å². The third kappa shape index (κ3) is 8.36. The van der Waals surface area contributed by atoms with Crippen molar-refractivity contribution in [2.45, 2.75) is 58.5 Å². The van der Waals surface area contributed by atoms with Gasteiger partial charge >= 0.3 is 0 Å². The van der Waals surface area contributed by atoms with Gasteiger partial charge < -0.3 is 15.0 Å². The first-order chi connectivity index (χ1) is 15.5. The van der Waals surface area contributed by atoms with Crippen LogP contribution in [0.3, 0.4) is 0 Å². The van der Waals surface area contributed by atoms with Crippen molar-refractivity contribution >= 4 is 35.0 Å². The van der Waals surface area contributed by atoms with Crippen molar-refractivity contribution in [3.05, 3.63) is 64.1 Å². The fraction of sp³-hybridized carbons (Fsp3) is 0.440. The molecular formula is C25H32Cl2N2O3. The lowest BCUT2D eigenvalue weighted by Crippen LogP contribution is -2.49. The zero-order valence-corrected chi connectivity index (χ0v) is 20.3. The Kier molecular flexibility index (Phi) is 11.4. The largest absolute Gasteiger partial charge is 0.494 e. The van der Waals surface area contributed by atoms with E-state index in [1.807, 2.05) is 37.3 Å². The minimum absolute atomic E-state index is 0.106. The number of halogens is 2. The van der Waals surface area contributed by atoms with Crippen LogP contribution in [-0.4, -0.2) is 35.9 Å². The van der Waals surface area contributed by atoms with Crippen LogP contribution in [0, 0.1) is 0 Å². The number of benzene rings is 2. The van der Waals surface area contributed by atoms with Crippen molar-refractivity contribution in [1.29, 1.82) is 0 Å². The summed E-state index contributed by atoms with van der Waals surface area (Å²) in [5, 5.41) is 3.96. The molecule has 1 unspecified atom stereocenters. The third-order valence-electron chi connectivity index (χ3n) is 5.12. The summed E-state index contributed by atoms with van der Waals surface area (Å²) in [6, 6.07) is 14.1. The van der Waals surface area contributed by atoms with Gasteiger partial charge in [0.15, 0.2) is 0 Å². The van der Waals surface area contributed by atoms with Crippen LogP contribution in [-0.2, 0) is 16.1 Å². The van der Waals surface area contributed by atoms with Crippen LogP contribution in [0.1, 0.15) is 51.5 Å². The van der Waals surface area contributed by atoms with Gasteiger partial charge in [-0.1, -0.05) is 67.7 Å². The molecule has 5 nitrogen and oxygen atoms in total. The molecule has 0 aromatic heterocycles. The van der Waals surface area contributed by atoms with Crippen LogP contribution in [0.15, 0.2) is 48.5 Å².